The molecular weight excluding hydrogens is 350 g/mol. The van der Waals surface area contributed by atoms with Gasteiger partial charge in [0.15, 0.2) is 0 Å². The Hall–Kier alpha value is -2.83. The summed E-state index contributed by atoms with van der Waals surface area (Å²) in [6.45, 7) is 0.418. The normalized spacial score (nSPS) is 11.1. The molecule has 0 fully saturated rings. The van der Waals surface area contributed by atoms with Crippen molar-refractivity contribution < 1.29 is 18.0 Å². The second-order valence-electron chi connectivity index (χ2n) is 5.50. The van der Waals surface area contributed by atoms with Gasteiger partial charge in [-0.3, -0.25) is 4.84 Å². The van der Waals surface area contributed by atoms with Crippen LogP contribution >= 0.6 is 0 Å². The molecule has 0 spiro atoms. The number of para-hydroxylation sites is 1. The first-order valence-electron chi connectivity index (χ1n) is 8.02. The van der Waals surface area contributed by atoms with E-state index in [2.05, 4.69) is 0 Å². The third-order valence-corrected chi connectivity index (χ3v) is 5.39. The molecule has 3 aromatic carbocycles. The minimum atomic E-state index is -3.83. The highest BCUT2D eigenvalue weighted by molar-refractivity contribution is 7.92. The predicted octanol–water partition coefficient (Wildman–Crippen LogP) is 4.02. The minimum Gasteiger partial charge on any atom is -0.489 e. The van der Waals surface area contributed by atoms with Crippen molar-refractivity contribution in [2.75, 3.05) is 11.6 Å². The Balaban J connectivity index is 1.76. The van der Waals surface area contributed by atoms with Crippen LogP contribution in [-0.4, -0.2) is 15.5 Å². The van der Waals surface area contributed by atoms with Crippen LogP contribution in [0.15, 0.2) is 89.8 Å². The van der Waals surface area contributed by atoms with Crippen LogP contribution in [0.1, 0.15) is 5.56 Å². The molecular formula is C20H19NO4S. The highest BCUT2D eigenvalue weighted by Crippen LogP contribution is 2.25. The monoisotopic (exact) mass is 369 g/mol. The van der Waals surface area contributed by atoms with E-state index in [9.17, 15) is 8.42 Å². The van der Waals surface area contributed by atoms with Crippen molar-refractivity contribution in [3.05, 3.63) is 90.5 Å². The van der Waals surface area contributed by atoms with Crippen molar-refractivity contribution in [1.82, 2.24) is 0 Å². The van der Waals surface area contributed by atoms with E-state index in [1.54, 1.807) is 36.4 Å². The van der Waals surface area contributed by atoms with Crippen LogP contribution < -0.4 is 9.21 Å². The second-order valence-corrected chi connectivity index (χ2v) is 7.25. The molecule has 0 aliphatic rings. The molecule has 0 amide bonds. The van der Waals surface area contributed by atoms with Crippen molar-refractivity contribution in [3.63, 3.8) is 0 Å². The standard InChI is InChI=1S/C20H19NO4S/c1-24-21(18-10-6-3-7-11-18)26(22,23)20-14-12-19(13-15-20)25-16-17-8-4-2-5-9-17/h2-15H,16H2,1H3. The van der Waals surface area contributed by atoms with E-state index in [1.807, 2.05) is 36.4 Å². The number of rotatable bonds is 7. The quantitative estimate of drug-likeness (QED) is 0.590. The summed E-state index contributed by atoms with van der Waals surface area (Å²) in [6.07, 6.45) is 0. The van der Waals surface area contributed by atoms with Gasteiger partial charge >= 0.3 is 0 Å². The third-order valence-electron chi connectivity index (χ3n) is 3.72. The first-order chi connectivity index (χ1) is 12.6. The van der Waals surface area contributed by atoms with E-state index >= 15 is 0 Å². The van der Waals surface area contributed by atoms with Crippen LogP contribution in [0.4, 0.5) is 5.69 Å². The molecule has 0 unspecified atom stereocenters. The summed E-state index contributed by atoms with van der Waals surface area (Å²) in [4.78, 5) is 5.23. The summed E-state index contributed by atoms with van der Waals surface area (Å²) >= 11 is 0. The summed E-state index contributed by atoms with van der Waals surface area (Å²) in [5.74, 6) is 0.594. The Morgan fingerprint density at radius 3 is 1.96 bits per heavy atom. The average molecular weight is 369 g/mol. The van der Waals surface area contributed by atoms with Gasteiger partial charge in [-0.15, -0.1) is 4.47 Å². The Kier molecular flexibility index (Phi) is 5.55. The fourth-order valence-electron chi connectivity index (χ4n) is 2.44. The molecule has 0 N–H and O–H groups in total. The van der Waals surface area contributed by atoms with Crippen LogP contribution in [0.25, 0.3) is 0 Å². The van der Waals surface area contributed by atoms with Gasteiger partial charge in [-0.2, -0.15) is 8.42 Å². The lowest BCUT2D eigenvalue weighted by Crippen LogP contribution is -2.29. The molecule has 0 aromatic heterocycles. The van der Waals surface area contributed by atoms with Crippen LogP contribution in [0.3, 0.4) is 0 Å². The Morgan fingerprint density at radius 1 is 0.808 bits per heavy atom. The number of hydrogen-bond acceptors (Lipinski definition) is 4. The van der Waals surface area contributed by atoms with Gasteiger partial charge in [0.2, 0.25) is 0 Å². The summed E-state index contributed by atoms with van der Waals surface area (Å²) in [5.41, 5.74) is 1.47. The molecule has 3 aromatic rings. The molecule has 6 heteroatoms. The zero-order valence-corrected chi connectivity index (χ0v) is 15.1. The number of nitrogens with zero attached hydrogens (tertiary/aromatic N) is 1. The molecule has 134 valence electrons. The van der Waals surface area contributed by atoms with Crippen molar-refractivity contribution in [2.45, 2.75) is 11.5 Å². The summed E-state index contributed by atoms with van der Waals surface area (Å²) in [6, 6.07) is 24.7. The fraction of sp³-hybridized carbons (Fsp3) is 0.100. The molecule has 0 radical (unpaired) electrons. The van der Waals surface area contributed by atoms with Gasteiger partial charge < -0.3 is 4.74 Å². The molecule has 0 aliphatic carbocycles. The van der Waals surface area contributed by atoms with Gasteiger partial charge in [0, 0.05) is 0 Å². The summed E-state index contributed by atoms with van der Waals surface area (Å²) in [5, 5.41) is 0. The lowest BCUT2D eigenvalue weighted by molar-refractivity contribution is 0.216. The fourth-order valence-corrected chi connectivity index (χ4v) is 3.70. The minimum absolute atomic E-state index is 0.121. The van der Waals surface area contributed by atoms with Gasteiger partial charge in [-0.05, 0) is 42.0 Å². The van der Waals surface area contributed by atoms with Gasteiger partial charge in [-0.1, -0.05) is 48.5 Å². The lowest BCUT2D eigenvalue weighted by Gasteiger charge is -2.21. The SMILES string of the molecule is CON(c1ccccc1)S(=O)(=O)c1ccc(OCc2ccccc2)cc1. The van der Waals surface area contributed by atoms with Crippen molar-refractivity contribution in [3.8, 4) is 5.75 Å². The van der Waals surface area contributed by atoms with Crippen LogP contribution in [0, 0.1) is 0 Å². The van der Waals surface area contributed by atoms with E-state index in [0.717, 1.165) is 10.0 Å². The molecule has 5 nitrogen and oxygen atoms in total. The number of ether oxygens (including phenoxy) is 1. The topological polar surface area (TPSA) is 55.8 Å². The van der Waals surface area contributed by atoms with Crippen LogP contribution in [0.2, 0.25) is 0 Å². The van der Waals surface area contributed by atoms with Gasteiger partial charge in [-0.25, -0.2) is 0 Å². The smallest absolute Gasteiger partial charge is 0.286 e. The Morgan fingerprint density at radius 2 is 1.38 bits per heavy atom. The number of benzene rings is 3. The highest BCUT2D eigenvalue weighted by atomic mass is 32.2. The van der Waals surface area contributed by atoms with Crippen LogP contribution in [0.5, 0.6) is 5.75 Å². The highest BCUT2D eigenvalue weighted by Gasteiger charge is 2.25. The molecule has 0 aliphatic heterocycles. The van der Waals surface area contributed by atoms with E-state index < -0.39 is 10.0 Å². The maximum absolute atomic E-state index is 12.8. The first-order valence-corrected chi connectivity index (χ1v) is 9.46. The maximum atomic E-state index is 12.8. The molecule has 3 rings (SSSR count). The number of sulfonamides is 1. The summed E-state index contributed by atoms with van der Waals surface area (Å²) in [7, 11) is -2.51. The van der Waals surface area contributed by atoms with Crippen LogP contribution in [-0.2, 0) is 21.5 Å². The van der Waals surface area contributed by atoms with E-state index in [1.165, 1.54) is 19.2 Å². The molecule has 0 saturated heterocycles. The summed E-state index contributed by atoms with van der Waals surface area (Å²) < 4.78 is 32.2. The number of anilines is 1. The molecule has 0 heterocycles. The Bertz CT molecular complexity index is 927. The molecule has 0 bridgehead atoms. The van der Waals surface area contributed by atoms with E-state index in [4.69, 9.17) is 9.57 Å². The van der Waals surface area contributed by atoms with Gasteiger partial charge in [0.05, 0.1) is 17.7 Å². The lowest BCUT2D eigenvalue weighted by atomic mass is 10.2. The first kappa shape index (κ1) is 18.0. The maximum Gasteiger partial charge on any atom is 0.286 e. The van der Waals surface area contributed by atoms with E-state index in [0.29, 0.717) is 18.0 Å². The van der Waals surface area contributed by atoms with Crippen molar-refractivity contribution >= 4 is 15.7 Å². The number of hydrogen-bond donors (Lipinski definition) is 0. The van der Waals surface area contributed by atoms with Crippen molar-refractivity contribution in [1.29, 1.82) is 0 Å². The van der Waals surface area contributed by atoms with Gasteiger partial charge in [0.1, 0.15) is 12.4 Å². The Labute approximate surface area is 153 Å². The van der Waals surface area contributed by atoms with E-state index in [-0.39, 0.29) is 4.90 Å². The molecule has 26 heavy (non-hydrogen) atoms. The zero-order valence-electron chi connectivity index (χ0n) is 14.3. The second kappa shape index (κ2) is 8.03. The predicted molar refractivity (Wildman–Crippen MR) is 100 cm³/mol. The zero-order chi connectivity index (χ0) is 18.4. The molecule has 0 saturated carbocycles. The third kappa shape index (κ3) is 4.04. The largest absolute Gasteiger partial charge is 0.489 e. The van der Waals surface area contributed by atoms with Crippen molar-refractivity contribution in [2.24, 2.45) is 0 Å². The average Bonchev–Trinajstić information content (AvgIpc) is 2.69. The molecule has 0 atom stereocenters. The van der Waals surface area contributed by atoms with Gasteiger partial charge in [0.25, 0.3) is 10.0 Å².